The number of likely N-dealkylation sites (tertiary alicyclic amines) is 2. The highest BCUT2D eigenvalue weighted by Crippen LogP contribution is 2.24. The molecule has 1 aromatic heterocycles. The first-order chi connectivity index (χ1) is 15.0. The third-order valence-corrected chi connectivity index (χ3v) is 6.56. The summed E-state index contributed by atoms with van der Waals surface area (Å²) in [5.41, 5.74) is 2.62. The summed E-state index contributed by atoms with van der Waals surface area (Å²) in [5, 5.41) is 5.05. The number of benzene rings is 1. The summed E-state index contributed by atoms with van der Waals surface area (Å²) < 4.78 is 1.75. The molecule has 31 heavy (non-hydrogen) atoms. The number of halogens is 1. The number of carbonyl (C=O) groups is 2. The number of amides is 2. The Bertz CT molecular complexity index is 963. The minimum Gasteiger partial charge on any atom is -0.341 e. The van der Waals surface area contributed by atoms with E-state index < -0.39 is 0 Å². The Morgan fingerprint density at radius 3 is 2.55 bits per heavy atom. The molecule has 6 nitrogen and oxygen atoms in total. The molecule has 0 N–H and O–H groups in total. The Morgan fingerprint density at radius 2 is 1.81 bits per heavy atom. The lowest BCUT2D eigenvalue weighted by Gasteiger charge is -2.36. The van der Waals surface area contributed by atoms with Gasteiger partial charge in [0.15, 0.2) is 0 Å². The monoisotopic (exact) mass is 440 g/mol. The molecule has 0 spiro atoms. The number of piperidine rings is 1. The molecule has 0 bridgehead atoms. The zero-order chi connectivity index (χ0) is 21.8. The molecular formula is C24H29ClN4O2. The molecule has 2 saturated heterocycles. The van der Waals surface area contributed by atoms with Crippen LogP contribution in [0.2, 0.25) is 5.15 Å². The van der Waals surface area contributed by atoms with E-state index in [4.69, 9.17) is 11.6 Å². The molecule has 0 aliphatic carbocycles. The van der Waals surface area contributed by atoms with Gasteiger partial charge in [-0.3, -0.25) is 9.59 Å². The second-order valence-corrected chi connectivity index (χ2v) is 8.70. The van der Waals surface area contributed by atoms with Crippen molar-refractivity contribution >= 4 is 29.5 Å². The average molecular weight is 441 g/mol. The molecule has 1 atom stereocenters. The van der Waals surface area contributed by atoms with Crippen LogP contribution in [0.1, 0.15) is 48.9 Å². The van der Waals surface area contributed by atoms with Crippen molar-refractivity contribution in [1.29, 1.82) is 0 Å². The summed E-state index contributed by atoms with van der Waals surface area (Å²) in [5.74, 6) is -0.0348. The molecule has 7 heteroatoms. The van der Waals surface area contributed by atoms with E-state index in [1.807, 2.05) is 42.2 Å². The maximum Gasteiger partial charge on any atom is 0.247 e. The van der Waals surface area contributed by atoms with Crippen molar-refractivity contribution in [3.05, 3.63) is 58.4 Å². The van der Waals surface area contributed by atoms with Gasteiger partial charge in [-0.1, -0.05) is 41.9 Å². The summed E-state index contributed by atoms with van der Waals surface area (Å²) >= 11 is 6.58. The van der Waals surface area contributed by atoms with Gasteiger partial charge in [-0.2, -0.15) is 5.10 Å². The van der Waals surface area contributed by atoms with E-state index in [2.05, 4.69) is 5.10 Å². The Morgan fingerprint density at radius 1 is 1.10 bits per heavy atom. The molecular weight excluding hydrogens is 412 g/mol. The zero-order valence-electron chi connectivity index (χ0n) is 18.0. The van der Waals surface area contributed by atoms with E-state index in [-0.39, 0.29) is 17.9 Å². The van der Waals surface area contributed by atoms with Crippen LogP contribution in [-0.2, 0) is 16.1 Å². The quantitative estimate of drug-likeness (QED) is 0.662. The molecule has 0 saturated carbocycles. The van der Waals surface area contributed by atoms with Gasteiger partial charge in [0.05, 0.1) is 12.2 Å². The Balaban J connectivity index is 1.48. The highest BCUT2D eigenvalue weighted by atomic mass is 35.5. The number of carbonyl (C=O) groups excluding carboxylic acids is 2. The first-order valence-corrected chi connectivity index (χ1v) is 11.5. The van der Waals surface area contributed by atoms with Crippen LogP contribution in [0.15, 0.2) is 36.4 Å². The third kappa shape index (κ3) is 4.85. The van der Waals surface area contributed by atoms with Crippen molar-refractivity contribution in [3.63, 3.8) is 0 Å². The molecule has 2 aliphatic rings. The molecule has 4 rings (SSSR count). The van der Waals surface area contributed by atoms with Gasteiger partial charge in [0, 0.05) is 31.3 Å². The van der Waals surface area contributed by atoms with Crippen molar-refractivity contribution in [2.45, 2.75) is 51.6 Å². The van der Waals surface area contributed by atoms with E-state index in [9.17, 15) is 9.59 Å². The van der Waals surface area contributed by atoms with Crippen LogP contribution < -0.4 is 0 Å². The van der Waals surface area contributed by atoms with Gasteiger partial charge in [-0.25, -0.2) is 4.68 Å². The zero-order valence-corrected chi connectivity index (χ0v) is 18.7. The summed E-state index contributed by atoms with van der Waals surface area (Å²) in [6.07, 6.45) is 8.03. The van der Waals surface area contributed by atoms with Crippen LogP contribution in [0.3, 0.4) is 0 Å². The Kier molecular flexibility index (Phi) is 6.76. The molecule has 1 unspecified atom stereocenters. The van der Waals surface area contributed by atoms with Crippen LogP contribution in [0.4, 0.5) is 0 Å². The van der Waals surface area contributed by atoms with Gasteiger partial charge in [0.25, 0.3) is 0 Å². The van der Waals surface area contributed by atoms with Gasteiger partial charge < -0.3 is 9.80 Å². The fourth-order valence-electron chi connectivity index (χ4n) is 4.47. The highest BCUT2D eigenvalue weighted by Gasteiger charge is 2.34. The minimum atomic E-state index is -0.346. The van der Waals surface area contributed by atoms with Crippen LogP contribution in [0.5, 0.6) is 0 Å². The normalized spacial score (nSPS) is 19.4. The van der Waals surface area contributed by atoms with E-state index in [1.54, 1.807) is 21.7 Å². The van der Waals surface area contributed by atoms with Crippen molar-refractivity contribution < 1.29 is 9.59 Å². The second-order valence-electron chi connectivity index (χ2n) is 8.34. The summed E-state index contributed by atoms with van der Waals surface area (Å²) in [4.78, 5) is 29.6. The largest absolute Gasteiger partial charge is 0.341 e. The van der Waals surface area contributed by atoms with Crippen molar-refractivity contribution in [3.8, 4) is 0 Å². The Hall–Kier alpha value is -2.60. The molecule has 0 radical (unpaired) electrons. The predicted octanol–water partition coefficient (Wildman–Crippen LogP) is 3.91. The number of aryl methyl sites for hydroxylation is 1. The third-order valence-electron chi connectivity index (χ3n) is 6.17. The fraction of sp³-hybridized carbons (Fsp3) is 0.458. The molecule has 2 aliphatic heterocycles. The SMILES string of the molecule is Cc1nn(Cc2ccccc2)c(Cl)c1/C=C/C(=O)N1CCCCC1C(=O)N1CCCC1. The molecule has 1 aromatic carbocycles. The van der Waals surface area contributed by atoms with Gasteiger partial charge in [0.2, 0.25) is 11.8 Å². The molecule has 2 aromatic rings. The van der Waals surface area contributed by atoms with E-state index in [0.717, 1.165) is 62.0 Å². The minimum absolute atomic E-state index is 0.101. The fourth-order valence-corrected chi connectivity index (χ4v) is 4.77. The molecule has 2 amide bonds. The van der Waals surface area contributed by atoms with Crippen molar-refractivity contribution in [2.75, 3.05) is 19.6 Å². The molecule has 2 fully saturated rings. The molecule has 3 heterocycles. The number of hydrogen-bond acceptors (Lipinski definition) is 3. The first kappa shape index (κ1) is 21.6. The van der Waals surface area contributed by atoms with Gasteiger partial charge >= 0.3 is 0 Å². The van der Waals surface area contributed by atoms with Crippen LogP contribution >= 0.6 is 11.6 Å². The number of nitrogens with zero attached hydrogens (tertiary/aromatic N) is 4. The summed E-state index contributed by atoms with van der Waals surface area (Å²) in [6.45, 7) is 4.69. The second kappa shape index (κ2) is 9.69. The summed E-state index contributed by atoms with van der Waals surface area (Å²) in [7, 11) is 0. The van der Waals surface area contributed by atoms with Gasteiger partial charge in [-0.05, 0) is 50.7 Å². The number of rotatable bonds is 5. The number of aromatic nitrogens is 2. The van der Waals surface area contributed by atoms with E-state index in [0.29, 0.717) is 18.2 Å². The first-order valence-electron chi connectivity index (χ1n) is 11.1. The van der Waals surface area contributed by atoms with Crippen LogP contribution in [0, 0.1) is 6.92 Å². The van der Waals surface area contributed by atoms with Gasteiger partial charge in [-0.15, -0.1) is 0 Å². The standard InChI is InChI=1S/C24H29ClN4O2/c1-18-20(23(25)29(26-18)17-19-9-3-2-4-10-19)12-13-22(30)28-16-6-5-11-21(28)24(31)27-14-7-8-15-27/h2-4,9-10,12-13,21H,5-8,11,14-17H2,1H3/b13-12+. The lowest BCUT2D eigenvalue weighted by atomic mass is 10.0. The van der Waals surface area contributed by atoms with E-state index >= 15 is 0 Å². The smallest absolute Gasteiger partial charge is 0.247 e. The topological polar surface area (TPSA) is 58.4 Å². The molecule has 164 valence electrons. The van der Waals surface area contributed by atoms with E-state index in [1.165, 1.54) is 0 Å². The van der Waals surface area contributed by atoms with Gasteiger partial charge in [0.1, 0.15) is 11.2 Å². The number of hydrogen-bond donors (Lipinski definition) is 0. The highest BCUT2D eigenvalue weighted by molar-refractivity contribution is 6.31. The lowest BCUT2D eigenvalue weighted by Crippen LogP contribution is -2.52. The lowest BCUT2D eigenvalue weighted by molar-refractivity contribution is -0.144. The van der Waals surface area contributed by atoms with Crippen LogP contribution in [-0.4, -0.2) is 57.1 Å². The maximum absolute atomic E-state index is 13.0. The summed E-state index contributed by atoms with van der Waals surface area (Å²) in [6, 6.07) is 9.65. The van der Waals surface area contributed by atoms with Crippen LogP contribution in [0.25, 0.3) is 6.08 Å². The van der Waals surface area contributed by atoms with Crippen molar-refractivity contribution in [2.24, 2.45) is 0 Å². The maximum atomic E-state index is 13.0. The average Bonchev–Trinajstić information content (AvgIpc) is 3.41. The van der Waals surface area contributed by atoms with Crippen molar-refractivity contribution in [1.82, 2.24) is 19.6 Å². The predicted molar refractivity (Wildman–Crippen MR) is 122 cm³/mol. The Labute approximate surface area is 188 Å².